The fourth-order valence-corrected chi connectivity index (χ4v) is 1.97. The van der Waals surface area contributed by atoms with Crippen molar-refractivity contribution in [3.8, 4) is 5.75 Å². The monoisotopic (exact) mass is 291 g/mol. The second-order valence-corrected chi connectivity index (χ2v) is 4.60. The van der Waals surface area contributed by atoms with Gasteiger partial charge in [-0.15, -0.1) is 0 Å². The number of methoxy groups -OCH3 is 1. The summed E-state index contributed by atoms with van der Waals surface area (Å²) in [5.74, 6) is -0.247. The van der Waals surface area contributed by atoms with Gasteiger partial charge in [0.15, 0.2) is 0 Å². The van der Waals surface area contributed by atoms with Crippen LogP contribution in [0.15, 0.2) is 42.5 Å². The number of phenolic OH excluding ortho intramolecular Hbond substituents is 1. The molecule has 4 nitrogen and oxygen atoms in total. The van der Waals surface area contributed by atoms with E-state index < -0.39 is 5.97 Å². The van der Waals surface area contributed by atoms with Crippen LogP contribution in [0, 0.1) is 0 Å². The van der Waals surface area contributed by atoms with Gasteiger partial charge in [0.2, 0.25) is 0 Å². The lowest BCUT2D eigenvalue weighted by molar-refractivity contribution is 0.0602. The topological polar surface area (TPSA) is 58.6 Å². The Bertz CT molecular complexity index is 628. The summed E-state index contributed by atoms with van der Waals surface area (Å²) in [6.45, 7) is 0.372. The average molecular weight is 292 g/mol. The van der Waals surface area contributed by atoms with Crippen LogP contribution in [0.25, 0.3) is 0 Å². The van der Waals surface area contributed by atoms with Gasteiger partial charge in [-0.3, -0.25) is 0 Å². The van der Waals surface area contributed by atoms with E-state index in [9.17, 15) is 9.90 Å². The molecule has 0 aromatic heterocycles. The molecule has 0 aliphatic heterocycles. The number of carbonyl (C=O) groups is 1. The van der Waals surface area contributed by atoms with Gasteiger partial charge in [0, 0.05) is 17.1 Å². The lowest BCUT2D eigenvalue weighted by Crippen LogP contribution is -2.08. The molecule has 5 heteroatoms. The summed E-state index contributed by atoms with van der Waals surface area (Å²) in [6.07, 6.45) is 0. The average Bonchev–Trinajstić information content (AvgIpc) is 2.46. The summed E-state index contributed by atoms with van der Waals surface area (Å²) < 4.78 is 4.72. The maximum absolute atomic E-state index is 11.7. The first kappa shape index (κ1) is 14.2. The molecule has 0 aliphatic rings. The molecule has 0 unspecified atom stereocenters. The number of carbonyl (C=O) groups excluding carboxylic acids is 1. The number of hydrogen-bond donors (Lipinski definition) is 2. The molecule has 0 saturated carbocycles. The quantitative estimate of drug-likeness (QED) is 0.847. The Morgan fingerprint density at radius 1 is 1.30 bits per heavy atom. The van der Waals surface area contributed by atoms with Crippen LogP contribution in [0.1, 0.15) is 15.9 Å². The van der Waals surface area contributed by atoms with Gasteiger partial charge in [0.25, 0.3) is 0 Å². The van der Waals surface area contributed by atoms with E-state index in [0.717, 1.165) is 5.56 Å². The van der Waals surface area contributed by atoms with Crippen LogP contribution in [0.3, 0.4) is 0 Å². The minimum absolute atomic E-state index is 0.196. The summed E-state index contributed by atoms with van der Waals surface area (Å²) in [7, 11) is 1.32. The van der Waals surface area contributed by atoms with Gasteiger partial charge >= 0.3 is 5.97 Å². The van der Waals surface area contributed by atoms with Crippen molar-refractivity contribution in [2.75, 3.05) is 12.4 Å². The Morgan fingerprint density at radius 3 is 2.75 bits per heavy atom. The molecule has 104 valence electrons. The predicted molar refractivity (Wildman–Crippen MR) is 78.2 cm³/mol. The number of esters is 1. The Balaban J connectivity index is 2.22. The van der Waals surface area contributed by atoms with Gasteiger partial charge in [-0.05, 0) is 24.3 Å². The first-order valence-corrected chi connectivity index (χ1v) is 6.38. The number of aromatic hydroxyl groups is 1. The van der Waals surface area contributed by atoms with E-state index in [2.05, 4.69) is 5.32 Å². The lowest BCUT2D eigenvalue weighted by Gasteiger charge is -2.12. The van der Waals surface area contributed by atoms with Crippen LogP contribution in [-0.4, -0.2) is 18.2 Å². The summed E-state index contributed by atoms with van der Waals surface area (Å²) in [5.41, 5.74) is 1.68. The number of hydrogen-bond acceptors (Lipinski definition) is 4. The molecule has 0 radical (unpaired) electrons. The summed E-state index contributed by atoms with van der Waals surface area (Å²) in [6, 6.07) is 11.9. The van der Waals surface area contributed by atoms with Crippen molar-refractivity contribution in [1.82, 2.24) is 0 Å². The highest BCUT2D eigenvalue weighted by Gasteiger charge is 2.12. The second-order valence-electron chi connectivity index (χ2n) is 4.16. The zero-order chi connectivity index (χ0) is 14.5. The van der Waals surface area contributed by atoms with Crippen molar-refractivity contribution in [3.63, 3.8) is 0 Å². The van der Waals surface area contributed by atoms with Crippen LogP contribution < -0.4 is 5.32 Å². The highest BCUT2D eigenvalue weighted by molar-refractivity contribution is 6.31. The minimum atomic E-state index is -0.443. The molecule has 0 fully saturated rings. The molecular weight excluding hydrogens is 278 g/mol. The van der Waals surface area contributed by atoms with Gasteiger partial charge in [-0.2, -0.15) is 0 Å². The zero-order valence-electron chi connectivity index (χ0n) is 10.9. The zero-order valence-corrected chi connectivity index (χ0v) is 11.6. The van der Waals surface area contributed by atoms with Crippen LogP contribution in [0.5, 0.6) is 5.75 Å². The van der Waals surface area contributed by atoms with E-state index in [1.165, 1.54) is 7.11 Å². The molecule has 20 heavy (non-hydrogen) atoms. The Hall–Kier alpha value is -2.20. The van der Waals surface area contributed by atoms with E-state index in [1.54, 1.807) is 36.4 Å². The van der Waals surface area contributed by atoms with E-state index in [-0.39, 0.29) is 5.75 Å². The Kier molecular flexibility index (Phi) is 4.48. The van der Waals surface area contributed by atoms with Crippen molar-refractivity contribution in [2.45, 2.75) is 6.54 Å². The Morgan fingerprint density at radius 2 is 2.05 bits per heavy atom. The number of nitrogens with one attached hydrogen (secondary N) is 1. The van der Waals surface area contributed by atoms with Crippen LogP contribution in [0.2, 0.25) is 5.02 Å². The van der Waals surface area contributed by atoms with Crippen molar-refractivity contribution >= 4 is 23.3 Å². The van der Waals surface area contributed by atoms with E-state index >= 15 is 0 Å². The maximum Gasteiger partial charge on any atom is 0.339 e. The number of rotatable bonds is 4. The van der Waals surface area contributed by atoms with Crippen molar-refractivity contribution in [2.24, 2.45) is 0 Å². The van der Waals surface area contributed by atoms with E-state index in [0.29, 0.717) is 22.8 Å². The molecule has 0 spiro atoms. The predicted octanol–water partition coefficient (Wildman–Crippen LogP) is 3.44. The first-order chi connectivity index (χ1) is 9.61. The Labute approximate surface area is 122 Å². The largest absolute Gasteiger partial charge is 0.508 e. The highest BCUT2D eigenvalue weighted by atomic mass is 35.5. The molecule has 2 aromatic rings. The molecule has 2 aromatic carbocycles. The number of benzene rings is 2. The van der Waals surface area contributed by atoms with Crippen molar-refractivity contribution in [1.29, 1.82) is 0 Å². The van der Waals surface area contributed by atoms with Crippen LogP contribution >= 0.6 is 11.6 Å². The van der Waals surface area contributed by atoms with E-state index in [1.807, 2.05) is 6.07 Å². The number of halogens is 1. The van der Waals surface area contributed by atoms with Crippen molar-refractivity contribution < 1.29 is 14.6 Å². The highest BCUT2D eigenvalue weighted by Crippen LogP contribution is 2.24. The fourth-order valence-electron chi connectivity index (χ4n) is 1.80. The molecule has 2 N–H and O–H groups in total. The smallest absolute Gasteiger partial charge is 0.339 e. The van der Waals surface area contributed by atoms with E-state index in [4.69, 9.17) is 16.3 Å². The fraction of sp³-hybridized carbons (Fsp3) is 0.133. The normalized spacial score (nSPS) is 10.1. The maximum atomic E-state index is 11.7. The molecule has 0 bridgehead atoms. The molecule has 2 rings (SSSR count). The van der Waals surface area contributed by atoms with Gasteiger partial charge in [-0.1, -0.05) is 29.8 Å². The van der Waals surface area contributed by atoms with Crippen molar-refractivity contribution in [3.05, 3.63) is 58.6 Å². The molecule has 0 saturated heterocycles. The standard InChI is InChI=1S/C15H14ClNO3/c1-20-15(19)12-7-6-11(16)8-13(12)17-9-10-4-2-3-5-14(10)18/h2-8,17-18H,9H2,1H3. The lowest BCUT2D eigenvalue weighted by atomic mass is 10.1. The molecule has 0 amide bonds. The van der Waals surface area contributed by atoms with Crippen LogP contribution in [0.4, 0.5) is 5.69 Å². The summed E-state index contributed by atoms with van der Waals surface area (Å²) >= 11 is 5.94. The minimum Gasteiger partial charge on any atom is -0.508 e. The molecule has 0 heterocycles. The van der Waals surface area contributed by atoms with Gasteiger partial charge in [-0.25, -0.2) is 4.79 Å². The summed E-state index contributed by atoms with van der Waals surface area (Å²) in [5, 5.41) is 13.3. The third-order valence-electron chi connectivity index (χ3n) is 2.85. The van der Waals surface area contributed by atoms with Gasteiger partial charge < -0.3 is 15.2 Å². The molecule has 0 aliphatic carbocycles. The number of phenols is 1. The number of anilines is 1. The third kappa shape index (κ3) is 3.22. The SMILES string of the molecule is COC(=O)c1ccc(Cl)cc1NCc1ccccc1O. The first-order valence-electron chi connectivity index (χ1n) is 6.00. The number of ether oxygens (including phenoxy) is 1. The molecular formula is C15H14ClNO3. The van der Waals surface area contributed by atoms with Crippen LogP contribution in [-0.2, 0) is 11.3 Å². The van der Waals surface area contributed by atoms with Gasteiger partial charge in [0.05, 0.1) is 18.4 Å². The third-order valence-corrected chi connectivity index (χ3v) is 3.08. The second kappa shape index (κ2) is 6.30. The summed E-state index contributed by atoms with van der Waals surface area (Å²) in [4.78, 5) is 11.7. The van der Waals surface area contributed by atoms with Gasteiger partial charge in [0.1, 0.15) is 5.75 Å². The molecule has 0 atom stereocenters. The number of para-hydroxylation sites is 1.